The molecular weight excluding hydrogens is 418 g/mol. The van der Waals surface area contributed by atoms with Crippen LogP contribution in [0.3, 0.4) is 0 Å². The molecule has 0 unspecified atom stereocenters. The predicted molar refractivity (Wildman–Crippen MR) is 125 cm³/mol. The van der Waals surface area contributed by atoms with Gasteiger partial charge in [-0.05, 0) is 49.9 Å². The van der Waals surface area contributed by atoms with E-state index in [1.807, 2.05) is 36.2 Å². The zero-order valence-corrected chi connectivity index (χ0v) is 18.6. The van der Waals surface area contributed by atoms with Gasteiger partial charge in [0.2, 0.25) is 11.8 Å². The maximum Gasteiger partial charge on any atom is 0.254 e. The van der Waals surface area contributed by atoms with E-state index >= 15 is 0 Å². The van der Waals surface area contributed by atoms with Gasteiger partial charge in [0, 0.05) is 20.0 Å². The van der Waals surface area contributed by atoms with Crippen LogP contribution in [0.5, 0.6) is 0 Å². The number of nitrogens with one attached hydrogen (secondary N) is 2. The summed E-state index contributed by atoms with van der Waals surface area (Å²) in [5, 5.41) is 5.58. The summed E-state index contributed by atoms with van der Waals surface area (Å²) in [5.74, 6) is 0.263. The molecule has 33 heavy (non-hydrogen) atoms. The first-order chi connectivity index (χ1) is 16.0. The number of fused-ring (bicyclic) bond motifs is 2. The summed E-state index contributed by atoms with van der Waals surface area (Å²) >= 11 is 0. The van der Waals surface area contributed by atoms with Crippen molar-refractivity contribution in [3.63, 3.8) is 0 Å². The van der Waals surface area contributed by atoms with E-state index in [4.69, 9.17) is 4.98 Å². The van der Waals surface area contributed by atoms with Crippen molar-refractivity contribution in [3.05, 3.63) is 59.9 Å². The Hall–Kier alpha value is -3.68. The number of benzene rings is 2. The molecule has 2 aliphatic heterocycles. The number of para-hydroxylation sites is 3. The predicted octanol–water partition coefficient (Wildman–Crippen LogP) is 3.16. The maximum absolute atomic E-state index is 13.3. The van der Waals surface area contributed by atoms with Gasteiger partial charge in [-0.15, -0.1) is 0 Å². The summed E-state index contributed by atoms with van der Waals surface area (Å²) in [5.41, 5.74) is 2.89. The topological polar surface area (TPSA) is 96.3 Å². The number of nitrogens with zero attached hydrogens (tertiary/aromatic N) is 3. The Kier molecular flexibility index (Phi) is 5.58. The Morgan fingerprint density at radius 1 is 1.09 bits per heavy atom. The van der Waals surface area contributed by atoms with Crippen molar-refractivity contribution in [2.24, 2.45) is 7.05 Å². The van der Waals surface area contributed by atoms with Crippen LogP contribution >= 0.6 is 0 Å². The third-order valence-corrected chi connectivity index (χ3v) is 6.64. The number of hydrogen-bond acceptors (Lipinski definition) is 4. The first kappa shape index (κ1) is 21.2. The summed E-state index contributed by atoms with van der Waals surface area (Å²) < 4.78 is 2.07. The normalized spacial score (nSPS) is 20.7. The van der Waals surface area contributed by atoms with Crippen molar-refractivity contribution in [2.45, 2.75) is 44.2 Å². The van der Waals surface area contributed by atoms with E-state index in [1.165, 1.54) is 0 Å². The Morgan fingerprint density at radius 2 is 1.88 bits per heavy atom. The van der Waals surface area contributed by atoms with Crippen molar-refractivity contribution < 1.29 is 14.4 Å². The van der Waals surface area contributed by atoms with Crippen LogP contribution in [0.4, 0.5) is 5.69 Å². The number of imidazole rings is 1. The van der Waals surface area contributed by atoms with Gasteiger partial charge in [0.15, 0.2) is 0 Å². The number of anilines is 1. The van der Waals surface area contributed by atoms with Gasteiger partial charge in [-0.3, -0.25) is 14.4 Å². The second-order valence-electron chi connectivity index (χ2n) is 8.72. The van der Waals surface area contributed by atoms with Crippen molar-refractivity contribution in [1.29, 1.82) is 0 Å². The van der Waals surface area contributed by atoms with Gasteiger partial charge < -0.3 is 20.1 Å². The molecule has 1 fully saturated rings. The highest BCUT2D eigenvalue weighted by Crippen LogP contribution is 2.32. The molecule has 1 saturated heterocycles. The highest BCUT2D eigenvalue weighted by Gasteiger charge is 2.33. The van der Waals surface area contributed by atoms with Crippen LogP contribution in [-0.4, -0.2) is 44.8 Å². The third-order valence-electron chi connectivity index (χ3n) is 6.64. The molecule has 0 radical (unpaired) electrons. The maximum atomic E-state index is 13.3. The van der Waals surface area contributed by atoms with Gasteiger partial charge in [-0.1, -0.05) is 24.3 Å². The Bertz CT molecular complexity index is 1230. The van der Waals surface area contributed by atoms with Gasteiger partial charge >= 0.3 is 0 Å². The lowest BCUT2D eigenvalue weighted by molar-refractivity contribution is -0.135. The minimum atomic E-state index is -0.757. The molecule has 2 atom stereocenters. The van der Waals surface area contributed by atoms with Gasteiger partial charge in [-0.25, -0.2) is 4.98 Å². The number of carbonyl (C=O) groups is 3. The van der Waals surface area contributed by atoms with E-state index in [1.54, 1.807) is 24.3 Å². The first-order valence-corrected chi connectivity index (χ1v) is 11.4. The summed E-state index contributed by atoms with van der Waals surface area (Å²) in [6.07, 6.45) is 3.27. The average molecular weight is 446 g/mol. The van der Waals surface area contributed by atoms with Crippen LogP contribution in [0.1, 0.15) is 54.3 Å². The second-order valence-corrected chi connectivity index (χ2v) is 8.72. The van der Waals surface area contributed by atoms with Crippen LogP contribution in [0, 0.1) is 0 Å². The molecule has 5 rings (SSSR count). The number of carbonyl (C=O) groups excluding carboxylic acids is 3. The molecule has 8 nitrogen and oxygen atoms in total. The Morgan fingerprint density at radius 3 is 2.73 bits per heavy atom. The van der Waals surface area contributed by atoms with Gasteiger partial charge in [-0.2, -0.15) is 0 Å². The monoisotopic (exact) mass is 445 g/mol. The minimum absolute atomic E-state index is 0.0180. The number of hydrogen-bond donors (Lipinski definition) is 2. The smallest absolute Gasteiger partial charge is 0.254 e. The van der Waals surface area contributed by atoms with Crippen LogP contribution < -0.4 is 10.6 Å². The van der Waals surface area contributed by atoms with E-state index in [2.05, 4.69) is 15.2 Å². The largest absolute Gasteiger partial charge is 0.340 e. The highest BCUT2D eigenvalue weighted by atomic mass is 16.2. The average Bonchev–Trinajstić information content (AvgIpc) is 3.11. The van der Waals surface area contributed by atoms with E-state index in [9.17, 15) is 14.4 Å². The van der Waals surface area contributed by atoms with Crippen molar-refractivity contribution in [2.75, 3.05) is 11.9 Å². The lowest BCUT2D eigenvalue weighted by Crippen LogP contribution is -2.43. The number of aromatic nitrogens is 2. The summed E-state index contributed by atoms with van der Waals surface area (Å²) in [6.45, 7) is 0.668. The van der Waals surface area contributed by atoms with Gasteiger partial charge in [0.05, 0.1) is 28.3 Å². The van der Waals surface area contributed by atoms with Gasteiger partial charge in [0.25, 0.3) is 5.91 Å². The quantitative estimate of drug-likeness (QED) is 0.645. The molecule has 3 heterocycles. The molecule has 0 aliphatic carbocycles. The summed E-state index contributed by atoms with van der Waals surface area (Å²) in [4.78, 5) is 45.2. The molecular formula is C25H27N5O3. The van der Waals surface area contributed by atoms with Gasteiger partial charge in [0.1, 0.15) is 11.9 Å². The van der Waals surface area contributed by atoms with Crippen LogP contribution in [0.15, 0.2) is 48.5 Å². The van der Waals surface area contributed by atoms with Crippen molar-refractivity contribution in [3.8, 4) is 0 Å². The molecule has 2 aliphatic rings. The summed E-state index contributed by atoms with van der Waals surface area (Å²) in [6, 6.07) is 14.0. The van der Waals surface area contributed by atoms with Crippen LogP contribution in [0.25, 0.3) is 11.0 Å². The number of rotatable bonds is 4. The van der Waals surface area contributed by atoms with E-state index < -0.39 is 6.04 Å². The molecule has 0 bridgehead atoms. The van der Waals surface area contributed by atoms with Crippen molar-refractivity contribution in [1.82, 2.24) is 19.8 Å². The molecule has 170 valence electrons. The number of likely N-dealkylation sites (tertiary alicyclic amines) is 1. The molecule has 1 aromatic heterocycles. The SMILES string of the molecule is Cn1c([C@H]2CCCCN2C(=O)CC[C@H]2NC(=O)c3ccccc3NC2=O)nc2ccccc21. The van der Waals surface area contributed by atoms with Crippen LogP contribution in [-0.2, 0) is 16.6 Å². The molecule has 8 heteroatoms. The van der Waals surface area contributed by atoms with Crippen LogP contribution in [0.2, 0.25) is 0 Å². The fourth-order valence-electron chi connectivity index (χ4n) is 4.89. The number of piperidine rings is 1. The standard InChI is InChI=1S/C25H27N5O3/c1-29-20-11-5-4-10-18(20)26-23(29)21-12-6-7-15-30(21)22(31)14-13-19-25(33)27-17-9-3-2-8-16(17)24(32)28-19/h2-5,8-11,19,21H,6-7,12-15H2,1H3,(H,27,33)(H,28,32)/t19-,21-/m1/s1. The summed E-state index contributed by atoms with van der Waals surface area (Å²) in [7, 11) is 1.99. The first-order valence-electron chi connectivity index (χ1n) is 11.4. The molecule has 3 aromatic rings. The number of amides is 3. The fraction of sp³-hybridized carbons (Fsp3) is 0.360. The zero-order valence-electron chi connectivity index (χ0n) is 18.6. The van der Waals surface area contributed by atoms with Crippen molar-refractivity contribution >= 4 is 34.4 Å². The molecule has 2 aromatic carbocycles. The second kappa shape index (κ2) is 8.69. The third kappa shape index (κ3) is 3.97. The highest BCUT2D eigenvalue weighted by molar-refractivity contribution is 6.09. The van der Waals surface area contributed by atoms with E-state index in [0.717, 1.165) is 36.1 Å². The molecule has 2 N–H and O–H groups in total. The lowest BCUT2D eigenvalue weighted by atomic mass is 10.00. The minimum Gasteiger partial charge on any atom is -0.340 e. The molecule has 0 spiro atoms. The fourth-order valence-corrected chi connectivity index (χ4v) is 4.89. The molecule has 3 amide bonds. The molecule has 0 saturated carbocycles. The Labute approximate surface area is 192 Å². The van der Waals surface area contributed by atoms with E-state index in [0.29, 0.717) is 17.8 Å². The van der Waals surface area contributed by atoms with E-state index in [-0.39, 0.29) is 36.6 Å². The number of aryl methyl sites for hydroxylation is 1. The lowest BCUT2D eigenvalue weighted by Gasteiger charge is -2.35. The Balaban J connectivity index is 1.31. The zero-order chi connectivity index (χ0) is 22.9.